The van der Waals surface area contributed by atoms with Gasteiger partial charge >= 0.3 is 0 Å². The lowest BCUT2D eigenvalue weighted by molar-refractivity contribution is 0.580. The van der Waals surface area contributed by atoms with Gasteiger partial charge in [-0.2, -0.15) is 5.10 Å². The van der Waals surface area contributed by atoms with E-state index in [1.54, 1.807) is 0 Å². The highest BCUT2D eigenvalue weighted by atomic mass is 15.1. The van der Waals surface area contributed by atoms with Crippen LogP contribution < -0.4 is 5.32 Å². The average molecular weight is 201 g/mol. The maximum atomic E-state index is 4.04. The Balaban J connectivity index is 1.84. The molecule has 2 aromatic rings. The SMILES string of the molecule is c1cc2[nH]ncc2cc1CC1CCNC1. The van der Waals surface area contributed by atoms with Crippen LogP contribution >= 0.6 is 0 Å². The maximum absolute atomic E-state index is 4.04. The molecule has 1 saturated heterocycles. The molecule has 15 heavy (non-hydrogen) atoms. The highest BCUT2D eigenvalue weighted by Gasteiger charge is 2.14. The monoisotopic (exact) mass is 201 g/mol. The third kappa shape index (κ3) is 1.75. The van der Waals surface area contributed by atoms with E-state index in [4.69, 9.17) is 0 Å². The molecule has 1 atom stereocenters. The van der Waals surface area contributed by atoms with Crippen LogP contribution in [0.1, 0.15) is 12.0 Å². The van der Waals surface area contributed by atoms with Crippen LogP contribution in [0.25, 0.3) is 10.9 Å². The third-order valence-electron chi connectivity index (χ3n) is 3.19. The molecule has 3 heteroatoms. The lowest BCUT2D eigenvalue weighted by atomic mass is 9.98. The van der Waals surface area contributed by atoms with E-state index < -0.39 is 0 Å². The number of hydrogen-bond donors (Lipinski definition) is 2. The first-order chi connectivity index (χ1) is 7.42. The normalized spacial score (nSPS) is 21.2. The lowest BCUT2D eigenvalue weighted by Gasteiger charge is -2.07. The van der Waals surface area contributed by atoms with Gasteiger partial charge in [0.15, 0.2) is 0 Å². The fourth-order valence-electron chi connectivity index (χ4n) is 2.34. The molecule has 3 nitrogen and oxygen atoms in total. The summed E-state index contributed by atoms with van der Waals surface area (Å²) in [5.41, 5.74) is 2.56. The van der Waals surface area contributed by atoms with Crippen molar-refractivity contribution < 1.29 is 0 Å². The topological polar surface area (TPSA) is 40.7 Å². The van der Waals surface area contributed by atoms with Crippen molar-refractivity contribution in [1.82, 2.24) is 15.5 Å². The van der Waals surface area contributed by atoms with E-state index in [0.29, 0.717) is 0 Å². The summed E-state index contributed by atoms with van der Waals surface area (Å²) in [6.07, 6.45) is 4.39. The molecular formula is C12H15N3. The molecular weight excluding hydrogens is 186 g/mol. The molecule has 1 aliphatic rings. The van der Waals surface area contributed by atoms with E-state index >= 15 is 0 Å². The second kappa shape index (κ2) is 3.66. The van der Waals surface area contributed by atoms with E-state index in [-0.39, 0.29) is 0 Å². The van der Waals surface area contributed by atoms with Gasteiger partial charge in [0, 0.05) is 5.39 Å². The van der Waals surface area contributed by atoms with Crippen molar-refractivity contribution in [3.05, 3.63) is 30.0 Å². The Morgan fingerprint density at radius 2 is 2.40 bits per heavy atom. The lowest BCUT2D eigenvalue weighted by Crippen LogP contribution is -2.10. The summed E-state index contributed by atoms with van der Waals surface area (Å²) >= 11 is 0. The van der Waals surface area contributed by atoms with Crippen LogP contribution in [0.5, 0.6) is 0 Å². The molecule has 1 unspecified atom stereocenters. The van der Waals surface area contributed by atoms with Gasteiger partial charge in [-0.05, 0) is 49.5 Å². The fraction of sp³-hybridized carbons (Fsp3) is 0.417. The van der Waals surface area contributed by atoms with E-state index in [1.807, 2.05) is 6.20 Å². The summed E-state index contributed by atoms with van der Waals surface area (Å²) in [4.78, 5) is 0. The number of benzene rings is 1. The number of aromatic amines is 1. The smallest absolute Gasteiger partial charge is 0.0650 e. The average Bonchev–Trinajstić information content (AvgIpc) is 2.87. The summed E-state index contributed by atoms with van der Waals surface area (Å²) in [6, 6.07) is 6.58. The first-order valence-electron chi connectivity index (χ1n) is 5.54. The molecule has 0 radical (unpaired) electrons. The zero-order valence-electron chi connectivity index (χ0n) is 8.66. The third-order valence-corrected chi connectivity index (χ3v) is 3.19. The second-order valence-corrected chi connectivity index (χ2v) is 4.35. The number of H-pyrrole nitrogens is 1. The van der Waals surface area contributed by atoms with Crippen molar-refractivity contribution >= 4 is 10.9 Å². The van der Waals surface area contributed by atoms with Crippen molar-refractivity contribution in [3.63, 3.8) is 0 Å². The van der Waals surface area contributed by atoms with Crippen LogP contribution in [0.2, 0.25) is 0 Å². The zero-order chi connectivity index (χ0) is 10.1. The van der Waals surface area contributed by atoms with E-state index in [9.17, 15) is 0 Å². The molecule has 1 aliphatic heterocycles. The van der Waals surface area contributed by atoms with Gasteiger partial charge in [0.25, 0.3) is 0 Å². The largest absolute Gasteiger partial charge is 0.316 e. The molecule has 2 N–H and O–H groups in total. The Morgan fingerprint density at radius 3 is 3.27 bits per heavy atom. The van der Waals surface area contributed by atoms with Crippen LogP contribution in [-0.4, -0.2) is 23.3 Å². The minimum atomic E-state index is 0.814. The summed E-state index contributed by atoms with van der Waals surface area (Å²) in [5.74, 6) is 0.814. The molecule has 0 spiro atoms. The van der Waals surface area contributed by atoms with Gasteiger partial charge < -0.3 is 5.32 Å². The molecule has 0 bridgehead atoms. The first-order valence-corrected chi connectivity index (χ1v) is 5.54. The molecule has 3 rings (SSSR count). The van der Waals surface area contributed by atoms with E-state index in [1.165, 1.54) is 36.9 Å². The minimum absolute atomic E-state index is 0.814. The highest BCUT2D eigenvalue weighted by Crippen LogP contribution is 2.18. The molecule has 0 amide bonds. The van der Waals surface area contributed by atoms with Crippen LogP contribution in [0.15, 0.2) is 24.4 Å². The van der Waals surface area contributed by atoms with Gasteiger partial charge in [-0.3, -0.25) is 5.10 Å². The number of rotatable bonds is 2. The zero-order valence-corrected chi connectivity index (χ0v) is 8.66. The minimum Gasteiger partial charge on any atom is -0.316 e. The standard InChI is InChI=1S/C12H15N3/c1-2-12-11(8-14-15-12)6-9(1)5-10-3-4-13-7-10/h1-2,6,8,10,13H,3-5,7H2,(H,14,15). The van der Waals surface area contributed by atoms with E-state index in [2.05, 4.69) is 33.7 Å². The van der Waals surface area contributed by atoms with Gasteiger partial charge in [-0.25, -0.2) is 0 Å². The Kier molecular flexibility index (Phi) is 2.18. The molecule has 0 aliphatic carbocycles. The summed E-state index contributed by atoms with van der Waals surface area (Å²) in [6.45, 7) is 2.35. The second-order valence-electron chi connectivity index (χ2n) is 4.35. The van der Waals surface area contributed by atoms with Crippen molar-refractivity contribution in [2.45, 2.75) is 12.8 Å². The molecule has 1 aromatic carbocycles. The Labute approximate surface area is 88.9 Å². The van der Waals surface area contributed by atoms with Crippen molar-refractivity contribution in [2.24, 2.45) is 5.92 Å². The number of nitrogens with one attached hydrogen (secondary N) is 2. The Morgan fingerprint density at radius 1 is 1.40 bits per heavy atom. The number of hydrogen-bond acceptors (Lipinski definition) is 2. The maximum Gasteiger partial charge on any atom is 0.0650 e. The first kappa shape index (κ1) is 8.92. The molecule has 1 aromatic heterocycles. The summed E-state index contributed by atoms with van der Waals surface area (Å²) < 4.78 is 0. The molecule has 78 valence electrons. The van der Waals surface area contributed by atoms with Gasteiger partial charge in [-0.1, -0.05) is 6.07 Å². The van der Waals surface area contributed by atoms with Crippen LogP contribution in [0.4, 0.5) is 0 Å². The number of fused-ring (bicyclic) bond motifs is 1. The van der Waals surface area contributed by atoms with Gasteiger partial charge in [-0.15, -0.1) is 0 Å². The predicted molar refractivity (Wildman–Crippen MR) is 60.8 cm³/mol. The van der Waals surface area contributed by atoms with Crippen molar-refractivity contribution in [1.29, 1.82) is 0 Å². The van der Waals surface area contributed by atoms with Gasteiger partial charge in [0.2, 0.25) is 0 Å². The quantitative estimate of drug-likeness (QED) is 0.776. The molecule has 0 saturated carbocycles. The van der Waals surface area contributed by atoms with Gasteiger partial charge in [0.05, 0.1) is 11.7 Å². The predicted octanol–water partition coefficient (Wildman–Crippen LogP) is 1.71. The van der Waals surface area contributed by atoms with Crippen LogP contribution in [0, 0.1) is 5.92 Å². The molecule has 1 fully saturated rings. The Hall–Kier alpha value is -1.35. The van der Waals surface area contributed by atoms with Crippen LogP contribution in [-0.2, 0) is 6.42 Å². The molecule has 2 heterocycles. The van der Waals surface area contributed by atoms with Crippen LogP contribution in [0.3, 0.4) is 0 Å². The number of nitrogens with zero attached hydrogens (tertiary/aromatic N) is 1. The highest BCUT2D eigenvalue weighted by molar-refractivity contribution is 5.78. The number of aromatic nitrogens is 2. The summed E-state index contributed by atoms with van der Waals surface area (Å²) in [5, 5.41) is 11.6. The van der Waals surface area contributed by atoms with Gasteiger partial charge in [0.1, 0.15) is 0 Å². The van der Waals surface area contributed by atoms with E-state index in [0.717, 1.165) is 11.4 Å². The summed E-state index contributed by atoms with van der Waals surface area (Å²) in [7, 11) is 0. The van der Waals surface area contributed by atoms with Crippen molar-refractivity contribution in [3.8, 4) is 0 Å². The Bertz CT molecular complexity index is 455. The van der Waals surface area contributed by atoms with Crippen molar-refractivity contribution in [2.75, 3.05) is 13.1 Å². The fourth-order valence-corrected chi connectivity index (χ4v) is 2.34.